The van der Waals surface area contributed by atoms with Crippen molar-refractivity contribution in [2.24, 2.45) is 15.0 Å². The Balaban J connectivity index is 2.32. The summed E-state index contributed by atoms with van der Waals surface area (Å²) >= 11 is 0. The highest BCUT2D eigenvalue weighted by molar-refractivity contribution is 5.67. The molecule has 29 heavy (non-hydrogen) atoms. The average molecular weight is 381 g/mol. The molecule has 0 spiro atoms. The number of hydrogen-bond donors (Lipinski definition) is 0. The summed E-state index contributed by atoms with van der Waals surface area (Å²) in [6.45, 7) is 1.86. The minimum atomic E-state index is -0.385. The van der Waals surface area contributed by atoms with E-state index in [1.54, 1.807) is 36.4 Å². The Morgan fingerprint density at radius 2 is 1.34 bits per heavy atom. The molecule has 6 nitrogen and oxygen atoms in total. The van der Waals surface area contributed by atoms with Gasteiger partial charge in [0.2, 0.25) is 18.2 Å². The van der Waals surface area contributed by atoms with Gasteiger partial charge in [0, 0.05) is 5.92 Å². The lowest BCUT2D eigenvalue weighted by Crippen LogP contribution is -2.05. The Bertz CT molecular complexity index is 1180. The molecule has 0 fully saturated rings. The van der Waals surface area contributed by atoms with Crippen molar-refractivity contribution in [3.63, 3.8) is 0 Å². The molecular formula is C23H15N3O3. The van der Waals surface area contributed by atoms with Crippen molar-refractivity contribution in [2.75, 3.05) is 0 Å². The van der Waals surface area contributed by atoms with Crippen LogP contribution in [0.2, 0.25) is 0 Å². The fraction of sp³-hybridized carbons (Fsp3) is 0.0870. The number of benzene rings is 3. The van der Waals surface area contributed by atoms with Crippen molar-refractivity contribution in [1.29, 1.82) is 0 Å². The molecule has 1 unspecified atom stereocenters. The first-order valence-corrected chi connectivity index (χ1v) is 8.71. The molecule has 0 saturated carbocycles. The first kappa shape index (κ1) is 19.6. The van der Waals surface area contributed by atoms with E-state index >= 15 is 0 Å². The zero-order valence-corrected chi connectivity index (χ0v) is 15.5. The van der Waals surface area contributed by atoms with E-state index in [0.29, 0.717) is 17.1 Å². The normalized spacial score (nSPS) is 10.8. The lowest BCUT2D eigenvalue weighted by molar-refractivity contribution is 0.564. The van der Waals surface area contributed by atoms with Crippen LogP contribution in [0.3, 0.4) is 0 Å². The summed E-state index contributed by atoms with van der Waals surface area (Å²) in [7, 11) is 0. The van der Waals surface area contributed by atoms with Gasteiger partial charge in [-0.2, -0.15) is 15.0 Å². The van der Waals surface area contributed by atoms with Crippen molar-refractivity contribution in [3.8, 4) is 0 Å². The lowest BCUT2D eigenvalue weighted by atomic mass is 9.82. The van der Waals surface area contributed by atoms with Gasteiger partial charge in [-0.25, -0.2) is 14.4 Å². The van der Waals surface area contributed by atoms with Crippen LogP contribution in [0.5, 0.6) is 0 Å². The summed E-state index contributed by atoms with van der Waals surface area (Å²) in [6, 6.07) is 19.8. The topological polar surface area (TPSA) is 88.3 Å². The summed E-state index contributed by atoms with van der Waals surface area (Å²) in [5.41, 5.74) is 4.60. The fourth-order valence-electron chi connectivity index (χ4n) is 3.32. The van der Waals surface area contributed by atoms with Crippen molar-refractivity contribution >= 4 is 35.3 Å². The maximum Gasteiger partial charge on any atom is 0.240 e. The highest BCUT2D eigenvalue weighted by atomic mass is 16.1. The number of rotatable bonds is 6. The Labute approximate surface area is 167 Å². The predicted octanol–water partition coefficient (Wildman–Crippen LogP) is 5.08. The van der Waals surface area contributed by atoms with E-state index in [2.05, 4.69) is 15.0 Å². The molecule has 0 amide bonds. The van der Waals surface area contributed by atoms with Gasteiger partial charge in [0.05, 0.1) is 17.1 Å². The maximum absolute atomic E-state index is 11.0. The Morgan fingerprint density at radius 1 is 0.690 bits per heavy atom. The molecule has 0 bridgehead atoms. The number of aliphatic imine (C=N–C) groups is 3. The zero-order chi connectivity index (χ0) is 20.6. The first-order valence-electron chi connectivity index (χ1n) is 8.71. The Kier molecular flexibility index (Phi) is 6.16. The third-order valence-corrected chi connectivity index (χ3v) is 4.55. The van der Waals surface area contributed by atoms with Crippen LogP contribution in [0.15, 0.2) is 81.7 Å². The molecule has 0 saturated heterocycles. The molecule has 140 valence electrons. The number of para-hydroxylation sites is 2. The molecule has 1 atom stereocenters. The third-order valence-electron chi connectivity index (χ3n) is 4.55. The fourth-order valence-corrected chi connectivity index (χ4v) is 3.32. The monoisotopic (exact) mass is 381 g/mol. The minimum Gasteiger partial charge on any atom is -0.211 e. The Hall–Kier alpha value is -4.20. The average Bonchev–Trinajstić information content (AvgIpc) is 2.73. The standard InChI is InChI=1S/C23H15N3O3/c1-16-5-4-7-20(23(16)26-15-29)22(17-9-11-18(12-10-17)24-13-27)19-6-2-3-8-21(19)25-14-28/h2-12,22H,1H3. The molecule has 3 aromatic carbocycles. The summed E-state index contributed by atoms with van der Waals surface area (Å²) in [6.07, 6.45) is 4.72. The largest absolute Gasteiger partial charge is 0.240 e. The maximum atomic E-state index is 11.0. The number of aryl methyl sites for hydroxylation is 1. The molecule has 3 aromatic rings. The van der Waals surface area contributed by atoms with E-state index in [1.165, 1.54) is 6.08 Å². The number of nitrogens with zero attached hydrogens (tertiary/aromatic N) is 3. The SMILES string of the molecule is Cc1cccc(C(c2ccc(N=C=O)cc2)c2ccccc2N=C=O)c1N=C=O. The third kappa shape index (κ3) is 4.22. The van der Waals surface area contributed by atoms with Crippen molar-refractivity contribution in [3.05, 3.63) is 89.0 Å². The van der Waals surface area contributed by atoms with Crippen molar-refractivity contribution in [2.45, 2.75) is 12.8 Å². The summed E-state index contributed by atoms with van der Waals surface area (Å²) in [5, 5.41) is 0. The van der Waals surface area contributed by atoms with E-state index in [1.807, 2.05) is 49.4 Å². The molecule has 6 heteroatoms. The number of hydrogen-bond acceptors (Lipinski definition) is 6. The van der Waals surface area contributed by atoms with Crippen LogP contribution in [0.1, 0.15) is 28.2 Å². The van der Waals surface area contributed by atoms with Crippen LogP contribution in [-0.4, -0.2) is 18.2 Å². The summed E-state index contributed by atoms with van der Waals surface area (Å²) < 4.78 is 0. The van der Waals surface area contributed by atoms with Gasteiger partial charge in [0.25, 0.3) is 0 Å². The number of carbonyl (C=O) groups excluding carboxylic acids is 3. The summed E-state index contributed by atoms with van der Waals surface area (Å²) in [5.74, 6) is -0.385. The molecule has 0 radical (unpaired) electrons. The van der Waals surface area contributed by atoms with Gasteiger partial charge in [-0.1, -0.05) is 48.5 Å². The molecule has 3 rings (SSSR count). The van der Waals surface area contributed by atoms with Gasteiger partial charge in [-0.05, 0) is 47.4 Å². The highest BCUT2D eigenvalue weighted by Gasteiger charge is 2.23. The molecule has 0 aliphatic carbocycles. The van der Waals surface area contributed by atoms with E-state index in [-0.39, 0.29) is 5.92 Å². The predicted molar refractivity (Wildman–Crippen MR) is 108 cm³/mol. The minimum absolute atomic E-state index is 0.385. The zero-order valence-electron chi connectivity index (χ0n) is 15.5. The van der Waals surface area contributed by atoms with E-state index in [9.17, 15) is 14.4 Å². The van der Waals surface area contributed by atoms with Gasteiger partial charge < -0.3 is 0 Å². The summed E-state index contributed by atoms with van der Waals surface area (Å²) in [4.78, 5) is 43.9. The highest BCUT2D eigenvalue weighted by Crippen LogP contribution is 2.42. The van der Waals surface area contributed by atoms with Crippen molar-refractivity contribution in [1.82, 2.24) is 0 Å². The second-order valence-electron chi connectivity index (χ2n) is 6.21. The number of isocyanates is 3. The van der Waals surface area contributed by atoms with E-state index < -0.39 is 0 Å². The van der Waals surface area contributed by atoms with Gasteiger partial charge in [-0.3, -0.25) is 0 Å². The van der Waals surface area contributed by atoms with Crippen LogP contribution >= 0.6 is 0 Å². The van der Waals surface area contributed by atoms with Gasteiger partial charge in [0.1, 0.15) is 0 Å². The van der Waals surface area contributed by atoms with Crippen molar-refractivity contribution < 1.29 is 14.4 Å². The van der Waals surface area contributed by atoms with Gasteiger partial charge >= 0.3 is 0 Å². The second-order valence-corrected chi connectivity index (χ2v) is 6.21. The van der Waals surface area contributed by atoms with Crippen LogP contribution in [0.25, 0.3) is 0 Å². The lowest BCUT2D eigenvalue weighted by Gasteiger charge is -2.22. The van der Waals surface area contributed by atoms with Crippen LogP contribution in [0.4, 0.5) is 17.1 Å². The Morgan fingerprint density at radius 3 is 2.03 bits per heavy atom. The van der Waals surface area contributed by atoms with Gasteiger partial charge in [-0.15, -0.1) is 0 Å². The smallest absolute Gasteiger partial charge is 0.211 e. The first-order chi connectivity index (χ1) is 14.2. The van der Waals surface area contributed by atoms with E-state index in [4.69, 9.17) is 0 Å². The molecule has 0 heterocycles. The molecule has 0 aromatic heterocycles. The van der Waals surface area contributed by atoms with Crippen LogP contribution < -0.4 is 0 Å². The second kappa shape index (κ2) is 9.14. The molecular weight excluding hydrogens is 366 g/mol. The molecule has 0 aliphatic rings. The van der Waals surface area contributed by atoms with E-state index in [0.717, 1.165) is 22.3 Å². The van der Waals surface area contributed by atoms with Crippen LogP contribution in [-0.2, 0) is 14.4 Å². The molecule has 0 aliphatic heterocycles. The van der Waals surface area contributed by atoms with Gasteiger partial charge in [0.15, 0.2) is 0 Å². The quantitative estimate of drug-likeness (QED) is 0.339. The molecule has 0 N–H and O–H groups in total. The van der Waals surface area contributed by atoms with Crippen LogP contribution in [0, 0.1) is 6.92 Å².